The van der Waals surface area contributed by atoms with Crippen molar-refractivity contribution < 1.29 is 14.1 Å². The van der Waals surface area contributed by atoms with Crippen LogP contribution in [-0.2, 0) is 17.6 Å². The summed E-state index contributed by atoms with van der Waals surface area (Å²) in [5.74, 6) is 0.586. The number of rotatable bonds is 5. The number of hydrogen-bond acceptors (Lipinski definition) is 5. The number of nitrogens with zero attached hydrogens (tertiary/aromatic N) is 2. The summed E-state index contributed by atoms with van der Waals surface area (Å²) in [6.45, 7) is 3.79. The maximum atomic E-state index is 12.5. The third-order valence-electron chi connectivity index (χ3n) is 4.62. The number of ether oxygens (including phenoxy) is 1. The van der Waals surface area contributed by atoms with Gasteiger partial charge in [-0.1, -0.05) is 42.4 Å². The molecular weight excluding hydrogens is 328 g/mol. The Morgan fingerprint density at radius 3 is 2.85 bits per heavy atom. The third-order valence-corrected chi connectivity index (χ3v) is 4.62. The Bertz CT molecular complexity index is 961. The molecule has 5 nitrogen and oxygen atoms in total. The lowest BCUT2D eigenvalue weighted by molar-refractivity contribution is 0.0265. The average Bonchev–Trinajstić information content (AvgIpc) is 3.25. The van der Waals surface area contributed by atoms with E-state index in [4.69, 9.17) is 9.26 Å². The van der Waals surface area contributed by atoms with E-state index in [1.54, 1.807) is 6.92 Å². The fourth-order valence-corrected chi connectivity index (χ4v) is 3.31. The minimum atomic E-state index is -0.578. The Hall–Kier alpha value is -2.95. The van der Waals surface area contributed by atoms with Gasteiger partial charge in [0.1, 0.15) is 0 Å². The zero-order valence-electron chi connectivity index (χ0n) is 14.9. The third kappa shape index (κ3) is 3.01. The van der Waals surface area contributed by atoms with Crippen LogP contribution < -0.4 is 0 Å². The van der Waals surface area contributed by atoms with Crippen molar-refractivity contribution in [3.8, 4) is 11.1 Å². The molecule has 2 aromatic carbocycles. The Kier molecular flexibility index (Phi) is 4.29. The molecule has 3 aromatic rings. The van der Waals surface area contributed by atoms with Crippen molar-refractivity contribution in [1.29, 1.82) is 0 Å². The summed E-state index contributed by atoms with van der Waals surface area (Å²) in [6, 6.07) is 14.0. The van der Waals surface area contributed by atoms with Crippen molar-refractivity contribution >= 4 is 5.97 Å². The summed E-state index contributed by atoms with van der Waals surface area (Å²) < 4.78 is 10.7. The number of fused-ring (bicyclic) bond motifs is 3. The van der Waals surface area contributed by atoms with Gasteiger partial charge in [-0.3, -0.25) is 0 Å². The molecule has 0 radical (unpaired) electrons. The Labute approximate surface area is 152 Å². The van der Waals surface area contributed by atoms with E-state index in [-0.39, 0.29) is 5.97 Å². The predicted molar refractivity (Wildman–Crippen MR) is 96.8 cm³/mol. The fourth-order valence-electron chi connectivity index (χ4n) is 3.31. The van der Waals surface area contributed by atoms with Crippen LogP contribution in [0, 0.1) is 0 Å². The molecule has 1 aliphatic carbocycles. The van der Waals surface area contributed by atoms with Crippen LogP contribution in [0.3, 0.4) is 0 Å². The summed E-state index contributed by atoms with van der Waals surface area (Å²) in [6.07, 6.45) is 1.94. The molecule has 0 fully saturated rings. The van der Waals surface area contributed by atoms with Gasteiger partial charge in [-0.25, -0.2) is 4.79 Å². The molecule has 0 bridgehead atoms. The lowest BCUT2D eigenvalue weighted by atomic mass is 10.0. The molecule has 4 rings (SSSR count). The summed E-state index contributed by atoms with van der Waals surface area (Å²) in [5.41, 5.74) is 5.40. The second-order valence-electron chi connectivity index (χ2n) is 6.55. The number of hydrogen-bond donors (Lipinski definition) is 0. The summed E-state index contributed by atoms with van der Waals surface area (Å²) in [7, 11) is 0. The second-order valence-corrected chi connectivity index (χ2v) is 6.55. The minimum Gasteiger partial charge on any atom is -0.449 e. The number of aryl methyl sites for hydroxylation is 1. The minimum absolute atomic E-state index is 0.329. The Balaban J connectivity index is 1.49. The van der Waals surface area contributed by atoms with E-state index in [1.165, 1.54) is 16.7 Å². The van der Waals surface area contributed by atoms with Gasteiger partial charge in [0, 0.05) is 6.42 Å². The summed E-state index contributed by atoms with van der Waals surface area (Å²) in [5, 5.41) is 3.90. The zero-order chi connectivity index (χ0) is 18.1. The molecule has 0 N–H and O–H groups in total. The molecule has 1 aliphatic rings. The molecule has 1 heterocycles. The lowest BCUT2D eigenvalue weighted by Crippen LogP contribution is -2.10. The van der Waals surface area contributed by atoms with Gasteiger partial charge < -0.3 is 9.26 Å². The summed E-state index contributed by atoms with van der Waals surface area (Å²) >= 11 is 0. The van der Waals surface area contributed by atoms with E-state index in [9.17, 15) is 4.79 Å². The normalized spacial score (nSPS) is 13.2. The van der Waals surface area contributed by atoms with Crippen molar-refractivity contribution in [1.82, 2.24) is 10.1 Å². The quantitative estimate of drug-likeness (QED) is 0.496. The first kappa shape index (κ1) is 16.5. The number of aromatic nitrogens is 2. The Morgan fingerprint density at radius 1 is 1.19 bits per heavy atom. The van der Waals surface area contributed by atoms with Crippen LogP contribution in [0.5, 0.6) is 0 Å². The average molecular weight is 348 g/mol. The van der Waals surface area contributed by atoms with Gasteiger partial charge in [-0.05, 0) is 54.2 Å². The maximum Gasteiger partial charge on any atom is 0.338 e. The second kappa shape index (κ2) is 6.75. The first-order valence-corrected chi connectivity index (χ1v) is 8.90. The highest BCUT2D eigenvalue weighted by molar-refractivity contribution is 5.91. The van der Waals surface area contributed by atoms with Crippen LogP contribution in [0.1, 0.15) is 59.6 Å². The highest BCUT2D eigenvalue weighted by atomic mass is 16.6. The van der Waals surface area contributed by atoms with Crippen LogP contribution in [0.2, 0.25) is 0 Å². The smallest absolute Gasteiger partial charge is 0.338 e. The van der Waals surface area contributed by atoms with Crippen LogP contribution in [0.25, 0.3) is 11.1 Å². The highest BCUT2D eigenvalue weighted by Crippen LogP contribution is 2.36. The number of benzene rings is 2. The van der Waals surface area contributed by atoms with Gasteiger partial charge in [0.2, 0.25) is 0 Å². The van der Waals surface area contributed by atoms with Crippen molar-refractivity contribution in [3.63, 3.8) is 0 Å². The van der Waals surface area contributed by atoms with Gasteiger partial charge in [0.25, 0.3) is 5.89 Å². The molecule has 1 atom stereocenters. The molecule has 0 aliphatic heterocycles. The van der Waals surface area contributed by atoms with E-state index in [2.05, 4.69) is 22.3 Å². The standard InChI is InChI=1S/C21H20N2O3/c1-3-6-19-22-20(26-23-19)13(2)25-21(24)15-9-10-18-16(12-15)11-14-7-4-5-8-17(14)18/h4-5,7-10,12-13H,3,6,11H2,1-2H3/t13-/m1/s1. The summed E-state index contributed by atoms with van der Waals surface area (Å²) in [4.78, 5) is 16.8. The van der Waals surface area contributed by atoms with Crippen LogP contribution in [-0.4, -0.2) is 16.1 Å². The lowest BCUT2D eigenvalue weighted by Gasteiger charge is -2.10. The topological polar surface area (TPSA) is 65.2 Å². The van der Waals surface area contributed by atoms with Gasteiger partial charge in [0.05, 0.1) is 5.56 Å². The molecule has 0 unspecified atom stereocenters. The van der Waals surface area contributed by atoms with Crippen molar-refractivity contribution in [2.45, 2.75) is 39.2 Å². The van der Waals surface area contributed by atoms with E-state index >= 15 is 0 Å². The number of esters is 1. The molecule has 0 saturated heterocycles. The van der Waals surface area contributed by atoms with Gasteiger partial charge in [-0.15, -0.1) is 0 Å². The SMILES string of the molecule is CCCc1noc([C@@H](C)OC(=O)c2ccc3c(c2)Cc2ccccc2-3)n1. The molecular formula is C21H20N2O3. The zero-order valence-corrected chi connectivity index (χ0v) is 14.9. The molecule has 26 heavy (non-hydrogen) atoms. The number of carbonyl (C=O) groups excluding carboxylic acids is 1. The van der Waals surface area contributed by atoms with Crippen molar-refractivity contribution in [2.75, 3.05) is 0 Å². The van der Waals surface area contributed by atoms with Crippen LogP contribution >= 0.6 is 0 Å². The first-order chi connectivity index (χ1) is 12.7. The van der Waals surface area contributed by atoms with Gasteiger partial charge >= 0.3 is 5.97 Å². The molecule has 1 aromatic heterocycles. The monoisotopic (exact) mass is 348 g/mol. The van der Waals surface area contributed by atoms with E-state index < -0.39 is 6.10 Å². The largest absolute Gasteiger partial charge is 0.449 e. The first-order valence-electron chi connectivity index (χ1n) is 8.90. The van der Waals surface area contributed by atoms with Crippen LogP contribution in [0.4, 0.5) is 0 Å². The molecule has 132 valence electrons. The maximum absolute atomic E-state index is 12.5. The predicted octanol–water partition coefficient (Wildman–Crippen LogP) is 4.51. The molecule has 0 spiro atoms. The fraction of sp³-hybridized carbons (Fsp3) is 0.286. The van der Waals surface area contributed by atoms with Crippen molar-refractivity contribution in [3.05, 3.63) is 70.9 Å². The van der Waals surface area contributed by atoms with Gasteiger partial charge in [0.15, 0.2) is 11.9 Å². The highest BCUT2D eigenvalue weighted by Gasteiger charge is 2.22. The Morgan fingerprint density at radius 2 is 2.00 bits per heavy atom. The number of carbonyl (C=O) groups is 1. The van der Waals surface area contributed by atoms with E-state index in [0.717, 1.165) is 24.8 Å². The molecule has 0 amide bonds. The van der Waals surface area contributed by atoms with Crippen LogP contribution in [0.15, 0.2) is 47.0 Å². The molecule has 5 heteroatoms. The van der Waals surface area contributed by atoms with E-state index in [0.29, 0.717) is 17.3 Å². The van der Waals surface area contributed by atoms with Crippen molar-refractivity contribution in [2.24, 2.45) is 0 Å². The van der Waals surface area contributed by atoms with Gasteiger partial charge in [-0.2, -0.15) is 4.98 Å². The van der Waals surface area contributed by atoms with E-state index in [1.807, 2.05) is 37.3 Å². The molecule has 0 saturated carbocycles.